The predicted molar refractivity (Wildman–Crippen MR) is 134 cm³/mol. The van der Waals surface area contributed by atoms with E-state index in [-0.39, 0.29) is 12.7 Å². The van der Waals surface area contributed by atoms with E-state index in [1.807, 2.05) is 48.5 Å². The summed E-state index contributed by atoms with van der Waals surface area (Å²) >= 11 is 0. The van der Waals surface area contributed by atoms with Gasteiger partial charge in [-0.05, 0) is 22.3 Å². The van der Waals surface area contributed by atoms with Crippen molar-refractivity contribution in [2.24, 2.45) is 0 Å². The number of aliphatic hydroxyl groups excluding tert-OH is 1. The Hall–Kier alpha value is -3.24. The summed E-state index contributed by atoms with van der Waals surface area (Å²) in [5.74, 6) is 0. The Morgan fingerprint density at radius 1 is 0.576 bits per heavy atom. The minimum Gasteiger partial charge on any atom is -0.389 e. The maximum absolute atomic E-state index is 11.0. The van der Waals surface area contributed by atoms with E-state index in [0.29, 0.717) is 6.54 Å². The average molecular weight is 438 g/mol. The number of benzene rings is 4. The highest BCUT2D eigenvalue weighted by molar-refractivity contribution is 5.30. The lowest BCUT2D eigenvalue weighted by atomic mass is 10.0. The largest absolute Gasteiger partial charge is 0.389 e. The third-order valence-corrected chi connectivity index (χ3v) is 5.63. The van der Waals surface area contributed by atoms with Crippen molar-refractivity contribution >= 4 is 0 Å². The summed E-state index contributed by atoms with van der Waals surface area (Å²) in [4.78, 5) is 2.28. The molecule has 4 aromatic rings. The van der Waals surface area contributed by atoms with Crippen LogP contribution in [0.3, 0.4) is 0 Å². The van der Waals surface area contributed by atoms with Gasteiger partial charge >= 0.3 is 0 Å². The fourth-order valence-electron chi connectivity index (χ4n) is 4.07. The number of ether oxygens (including phenoxy) is 1. The monoisotopic (exact) mass is 437 g/mol. The van der Waals surface area contributed by atoms with Gasteiger partial charge in [-0.15, -0.1) is 0 Å². The lowest BCUT2D eigenvalue weighted by molar-refractivity contribution is -0.0106. The van der Waals surface area contributed by atoms with Crippen LogP contribution in [0.5, 0.6) is 0 Å². The maximum Gasteiger partial charge on any atom is 0.108 e. The Labute approximate surface area is 196 Å². The fourth-order valence-corrected chi connectivity index (χ4v) is 4.07. The second-order valence-corrected chi connectivity index (χ2v) is 8.33. The molecule has 0 aliphatic heterocycles. The molecule has 1 N–H and O–H groups in total. The zero-order valence-electron chi connectivity index (χ0n) is 18.8. The van der Waals surface area contributed by atoms with E-state index in [2.05, 4.69) is 77.7 Å². The first-order valence-corrected chi connectivity index (χ1v) is 11.5. The molecule has 0 saturated heterocycles. The van der Waals surface area contributed by atoms with Crippen LogP contribution >= 0.6 is 0 Å². The number of hydrogen-bond donors (Lipinski definition) is 1. The van der Waals surface area contributed by atoms with Gasteiger partial charge in [0.05, 0.1) is 12.7 Å². The van der Waals surface area contributed by atoms with Crippen LogP contribution < -0.4 is 0 Å². The Kier molecular flexibility index (Phi) is 8.42. The van der Waals surface area contributed by atoms with Crippen LogP contribution in [0, 0.1) is 0 Å². The van der Waals surface area contributed by atoms with Gasteiger partial charge < -0.3 is 9.84 Å². The van der Waals surface area contributed by atoms with E-state index < -0.39 is 6.10 Å². The molecule has 0 aromatic heterocycles. The first-order chi connectivity index (χ1) is 16.3. The average Bonchev–Trinajstić information content (AvgIpc) is 2.87. The molecule has 0 aliphatic carbocycles. The summed E-state index contributed by atoms with van der Waals surface area (Å²) in [7, 11) is 0. The van der Waals surface area contributed by atoms with Crippen molar-refractivity contribution < 1.29 is 9.84 Å². The minimum absolute atomic E-state index is 0.209. The quantitative estimate of drug-likeness (QED) is 0.319. The fraction of sp³-hybridized carbons (Fsp3) is 0.200. The van der Waals surface area contributed by atoms with Gasteiger partial charge in [0.2, 0.25) is 0 Å². The van der Waals surface area contributed by atoms with Crippen LogP contribution in [-0.4, -0.2) is 29.3 Å². The molecule has 4 rings (SSSR count). The van der Waals surface area contributed by atoms with Gasteiger partial charge in [-0.25, -0.2) is 0 Å². The van der Waals surface area contributed by atoms with Crippen LogP contribution in [0.4, 0.5) is 0 Å². The topological polar surface area (TPSA) is 32.7 Å². The smallest absolute Gasteiger partial charge is 0.108 e. The molecule has 3 heteroatoms. The third-order valence-electron chi connectivity index (χ3n) is 5.63. The number of hydrogen-bond acceptors (Lipinski definition) is 3. The van der Waals surface area contributed by atoms with Gasteiger partial charge in [0, 0.05) is 19.6 Å². The van der Waals surface area contributed by atoms with Gasteiger partial charge in [0.1, 0.15) is 6.10 Å². The lowest BCUT2D eigenvalue weighted by Gasteiger charge is -2.27. The molecule has 0 saturated carbocycles. The van der Waals surface area contributed by atoms with Crippen LogP contribution in [0.25, 0.3) is 0 Å². The molecule has 3 nitrogen and oxygen atoms in total. The Morgan fingerprint density at radius 3 is 1.39 bits per heavy atom. The SMILES string of the molecule is OC(COC(c1ccccc1)c1ccccc1)CN(Cc1ccccc1)Cc1ccccc1. The first kappa shape index (κ1) is 22.9. The molecule has 1 atom stereocenters. The molecular weight excluding hydrogens is 406 g/mol. The highest BCUT2D eigenvalue weighted by atomic mass is 16.5. The van der Waals surface area contributed by atoms with E-state index in [0.717, 1.165) is 24.2 Å². The summed E-state index contributed by atoms with van der Waals surface area (Å²) in [6.07, 6.45) is -0.814. The zero-order chi connectivity index (χ0) is 22.7. The lowest BCUT2D eigenvalue weighted by Crippen LogP contribution is -2.34. The van der Waals surface area contributed by atoms with Crippen molar-refractivity contribution in [1.29, 1.82) is 0 Å². The third kappa shape index (κ3) is 7.13. The summed E-state index contributed by atoms with van der Waals surface area (Å²) in [6, 6.07) is 41.2. The maximum atomic E-state index is 11.0. The molecular formula is C30H31NO2. The first-order valence-electron chi connectivity index (χ1n) is 11.5. The van der Waals surface area contributed by atoms with Crippen molar-refractivity contribution in [3.8, 4) is 0 Å². The van der Waals surface area contributed by atoms with E-state index in [4.69, 9.17) is 4.74 Å². The molecule has 1 unspecified atom stereocenters. The van der Waals surface area contributed by atoms with Gasteiger partial charge in [-0.2, -0.15) is 0 Å². The Morgan fingerprint density at radius 2 is 0.970 bits per heavy atom. The molecule has 0 amide bonds. The van der Waals surface area contributed by atoms with Gasteiger partial charge in [0.25, 0.3) is 0 Å². The molecule has 33 heavy (non-hydrogen) atoms. The predicted octanol–water partition coefficient (Wildman–Crippen LogP) is 5.86. The van der Waals surface area contributed by atoms with Crippen LogP contribution in [0.1, 0.15) is 28.4 Å². The highest BCUT2D eigenvalue weighted by Gasteiger charge is 2.18. The van der Waals surface area contributed by atoms with Crippen molar-refractivity contribution in [2.45, 2.75) is 25.3 Å². The van der Waals surface area contributed by atoms with Crippen LogP contribution in [0.2, 0.25) is 0 Å². The van der Waals surface area contributed by atoms with Crippen molar-refractivity contribution in [2.75, 3.05) is 13.2 Å². The second-order valence-electron chi connectivity index (χ2n) is 8.33. The van der Waals surface area contributed by atoms with Crippen molar-refractivity contribution in [3.05, 3.63) is 144 Å². The number of aliphatic hydroxyl groups is 1. The van der Waals surface area contributed by atoms with E-state index >= 15 is 0 Å². The van der Waals surface area contributed by atoms with Gasteiger partial charge in [-0.1, -0.05) is 121 Å². The van der Waals surface area contributed by atoms with Gasteiger partial charge in [0.15, 0.2) is 0 Å². The zero-order valence-corrected chi connectivity index (χ0v) is 18.8. The Balaban J connectivity index is 1.43. The molecule has 4 aromatic carbocycles. The summed E-state index contributed by atoms with van der Waals surface area (Å²) < 4.78 is 6.30. The molecule has 0 radical (unpaired) electrons. The normalized spacial score (nSPS) is 12.2. The van der Waals surface area contributed by atoms with Gasteiger partial charge in [-0.3, -0.25) is 4.90 Å². The highest BCUT2D eigenvalue weighted by Crippen LogP contribution is 2.26. The van der Waals surface area contributed by atoms with Crippen LogP contribution in [-0.2, 0) is 17.8 Å². The molecule has 0 aliphatic rings. The molecule has 0 spiro atoms. The van der Waals surface area contributed by atoms with Crippen molar-refractivity contribution in [3.63, 3.8) is 0 Å². The van der Waals surface area contributed by atoms with E-state index in [9.17, 15) is 5.11 Å². The minimum atomic E-state index is -0.604. The summed E-state index contributed by atoms with van der Waals surface area (Å²) in [6.45, 7) is 2.33. The van der Waals surface area contributed by atoms with Crippen molar-refractivity contribution in [1.82, 2.24) is 4.90 Å². The molecule has 0 bridgehead atoms. The second kappa shape index (κ2) is 12.1. The summed E-state index contributed by atoms with van der Waals surface area (Å²) in [5, 5.41) is 11.0. The number of rotatable bonds is 11. The summed E-state index contributed by atoms with van der Waals surface area (Å²) in [5.41, 5.74) is 4.63. The van der Waals surface area contributed by atoms with E-state index in [1.165, 1.54) is 11.1 Å². The number of nitrogens with zero attached hydrogens (tertiary/aromatic N) is 1. The molecule has 0 fully saturated rings. The molecule has 168 valence electrons. The van der Waals surface area contributed by atoms with E-state index in [1.54, 1.807) is 0 Å². The Bertz CT molecular complexity index is 974. The van der Waals surface area contributed by atoms with Crippen LogP contribution in [0.15, 0.2) is 121 Å². The molecule has 0 heterocycles. The standard InChI is InChI=1S/C30H31NO2/c32-29(24-33-30(27-17-9-3-10-18-27)28-19-11-4-12-20-28)23-31(21-25-13-5-1-6-14-25)22-26-15-7-2-8-16-26/h1-20,29-30,32H,21-24H2.